The number of para-hydroxylation sites is 1. The quantitative estimate of drug-likeness (QED) is 0.624. The van der Waals surface area contributed by atoms with Crippen molar-refractivity contribution >= 4 is 15.8 Å². The van der Waals surface area contributed by atoms with Gasteiger partial charge in [0.15, 0.2) is 0 Å². The van der Waals surface area contributed by atoms with Gasteiger partial charge in [-0.25, -0.2) is 23.1 Å². The largest absolute Gasteiger partial charge is 0.354 e. The molecule has 4 rings (SSSR count). The van der Waals surface area contributed by atoms with Gasteiger partial charge >= 0.3 is 0 Å². The molecule has 1 aromatic carbocycles. The van der Waals surface area contributed by atoms with Crippen molar-refractivity contribution in [3.05, 3.63) is 60.3 Å². The van der Waals surface area contributed by atoms with Crippen LogP contribution in [0.25, 0.3) is 5.69 Å². The number of nitrogens with zero attached hydrogens (tertiary/aromatic N) is 6. The number of aryl methyl sites for hydroxylation is 1. The number of sulfonamides is 1. The maximum Gasteiger partial charge on any atom is 0.246 e. The number of rotatable bonds is 5. The second-order valence-corrected chi connectivity index (χ2v) is 9.67. The maximum atomic E-state index is 13.1. The summed E-state index contributed by atoms with van der Waals surface area (Å²) in [4.78, 5) is 11.5. The summed E-state index contributed by atoms with van der Waals surface area (Å²) < 4.78 is 29.3. The highest BCUT2D eigenvalue weighted by molar-refractivity contribution is 7.89. The van der Waals surface area contributed by atoms with Crippen LogP contribution in [0.15, 0.2) is 53.7 Å². The molecular formula is C21H26N6O2S. The Bertz CT molecular complexity index is 1120. The third-order valence-electron chi connectivity index (χ3n) is 5.15. The lowest BCUT2D eigenvalue weighted by Gasteiger charge is -2.34. The normalized spacial score (nSPS) is 15.7. The Morgan fingerprint density at radius 2 is 1.70 bits per heavy atom. The van der Waals surface area contributed by atoms with Crippen LogP contribution in [0.4, 0.5) is 5.82 Å². The van der Waals surface area contributed by atoms with Crippen LogP contribution >= 0.6 is 0 Å². The van der Waals surface area contributed by atoms with Gasteiger partial charge in [-0.15, -0.1) is 0 Å². The van der Waals surface area contributed by atoms with Crippen molar-refractivity contribution in [2.45, 2.75) is 31.6 Å². The first-order chi connectivity index (χ1) is 14.3. The summed E-state index contributed by atoms with van der Waals surface area (Å²) in [5, 5.41) is 4.23. The van der Waals surface area contributed by atoms with Gasteiger partial charge in [-0.1, -0.05) is 32.0 Å². The van der Waals surface area contributed by atoms with Gasteiger partial charge in [0.25, 0.3) is 0 Å². The fourth-order valence-electron chi connectivity index (χ4n) is 3.46. The molecule has 9 heteroatoms. The molecule has 30 heavy (non-hydrogen) atoms. The van der Waals surface area contributed by atoms with E-state index in [0.29, 0.717) is 26.2 Å². The molecule has 1 fully saturated rings. The zero-order valence-electron chi connectivity index (χ0n) is 17.4. The van der Waals surface area contributed by atoms with Crippen molar-refractivity contribution < 1.29 is 8.42 Å². The molecule has 0 spiro atoms. The monoisotopic (exact) mass is 426 g/mol. The molecule has 2 aromatic heterocycles. The van der Waals surface area contributed by atoms with Crippen molar-refractivity contribution in [3.63, 3.8) is 0 Å². The van der Waals surface area contributed by atoms with Gasteiger partial charge in [0, 0.05) is 43.9 Å². The molecule has 3 heterocycles. The SMILES string of the molecule is Cc1cc(N2CCN(S(=O)(=O)c3cnn(-c4ccccc4)c3)CC2)nc(C(C)C)n1. The molecule has 3 aromatic rings. The Morgan fingerprint density at radius 3 is 2.37 bits per heavy atom. The topological polar surface area (TPSA) is 84.2 Å². The van der Waals surface area contributed by atoms with Gasteiger partial charge in [-0.3, -0.25) is 0 Å². The summed E-state index contributed by atoms with van der Waals surface area (Å²) in [7, 11) is -3.59. The average molecular weight is 427 g/mol. The smallest absolute Gasteiger partial charge is 0.246 e. The third kappa shape index (κ3) is 4.08. The van der Waals surface area contributed by atoms with E-state index in [0.717, 1.165) is 23.0 Å². The Kier molecular flexibility index (Phi) is 5.57. The molecule has 1 saturated heterocycles. The van der Waals surface area contributed by atoms with Gasteiger partial charge in [0.1, 0.15) is 16.5 Å². The van der Waals surface area contributed by atoms with Crippen LogP contribution in [0.3, 0.4) is 0 Å². The van der Waals surface area contributed by atoms with E-state index in [2.05, 4.69) is 33.8 Å². The predicted octanol–water partition coefficient (Wildman–Crippen LogP) is 2.61. The number of piperazine rings is 1. The number of hydrogen-bond acceptors (Lipinski definition) is 6. The summed E-state index contributed by atoms with van der Waals surface area (Å²) >= 11 is 0. The highest BCUT2D eigenvalue weighted by Crippen LogP contribution is 2.22. The molecule has 8 nitrogen and oxygen atoms in total. The van der Waals surface area contributed by atoms with Crippen molar-refractivity contribution in [1.29, 1.82) is 0 Å². The van der Waals surface area contributed by atoms with Crippen molar-refractivity contribution in [1.82, 2.24) is 24.1 Å². The molecule has 0 aliphatic carbocycles. The van der Waals surface area contributed by atoms with Crippen molar-refractivity contribution in [2.24, 2.45) is 0 Å². The van der Waals surface area contributed by atoms with E-state index < -0.39 is 10.0 Å². The molecule has 1 aliphatic heterocycles. The standard InChI is InChI=1S/C21H26N6O2S/c1-16(2)21-23-17(3)13-20(24-21)25-9-11-26(12-10-25)30(28,29)19-14-22-27(15-19)18-7-5-4-6-8-18/h4-8,13-16H,9-12H2,1-3H3. The fourth-order valence-corrected chi connectivity index (χ4v) is 4.82. The lowest BCUT2D eigenvalue weighted by molar-refractivity contribution is 0.383. The van der Waals surface area contributed by atoms with E-state index in [1.807, 2.05) is 43.3 Å². The van der Waals surface area contributed by atoms with Crippen LogP contribution in [0, 0.1) is 6.92 Å². The van der Waals surface area contributed by atoms with Gasteiger partial charge in [0.05, 0.1) is 18.1 Å². The van der Waals surface area contributed by atoms with Gasteiger partial charge < -0.3 is 4.90 Å². The van der Waals surface area contributed by atoms with E-state index in [-0.39, 0.29) is 10.8 Å². The second kappa shape index (κ2) is 8.16. The van der Waals surface area contributed by atoms with Crippen molar-refractivity contribution in [2.75, 3.05) is 31.1 Å². The van der Waals surface area contributed by atoms with Crippen LogP contribution in [0.1, 0.15) is 31.3 Å². The molecule has 0 amide bonds. The van der Waals surface area contributed by atoms with Crippen LogP contribution in [-0.2, 0) is 10.0 Å². The minimum absolute atomic E-state index is 0.208. The van der Waals surface area contributed by atoms with Gasteiger partial charge in [0.2, 0.25) is 10.0 Å². The van der Waals surface area contributed by atoms with E-state index in [1.165, 1.54) is 10.5 Å². The molecule has 0 atom stereocenters. The highest BCUT2D eigenvalue weighted by atomic mass is 32.2. The summed E-state index contributed by atoms with van der Waals surface area (Å²) in [6, 6.07) is 11.4. The average Bonchev–Trinajstić information content (AvgIpc) is 3.25. The van der Waals surface area contributed by atoms with Gasteiger partial charge in [-0.2, -0.15) is 9.40 Å². The van der Waals surface area contributed by atoms with Gasteiger partial charge in [-0.05, 0) is 19.1 Å². The summed E-state index contributed by atoms with van der Waals surface area (Å²) in [6.07, 6.45) is 2.98. The number of aromatic nitrogens is 4. The molecule has 0 N–H and O–H groups in total. The van der Waals surface area contributed by atoms with E-state index in [9.17, 15) is 8.42 Å². The van der Waals surface area contributed by atoms with E-state index in [4.69, 9.17) is 0 Å². The van der Waals surface area contributed by atoms with E-state index in [1.54, 1.807) is 10.9 Å². The van der Waals surface area contributed by atoms with Crippen LogP contribution in [-0.4, -0.2) is 58.7 Å². The first-order valence-electron chi connectivity index (χ1n) is 10.1. The van der Waals surface area contributed by atoms with Crippen molar-refractivity contribution in [3.8, 4) is 5.69 Å². The molecular weight excluding hydrogens is 400 g/mol. The Balaban J connectivity index is 1.48. The maximum absolute atomic E-state index is 13.1. The number of anilines is 1. The zero-order valence-corrected chi connectivity index (χ0v) is 18.2. The van der Waals surface area contributed by atoms with E-state index >= 15 is 0 Å². The number of hydrogen-bond donors (Lipinski definition) is 0. The first kappa shape index (κ1) is 20.5. The Morgan fingerprint density at radius 1 is 1.00 bits per heavy atom. The lowest BCUT2D eigenvalue weighted by Crippen LogP contribution is -2.49. The molecule has 0 unspecified atom stereocenters. The highest BCUT2D eigenvalue weighted by Gasteiger charge is 2.30. The number of benzene rings is 1. The van der Waals surface area contributed by atoms with Crippen LogP contribution in [0.5, 0.6) is 0 Å². The summed E-state index contributed by atoms with van der Waals surface area (Å²) in [6.45, 7) is 8.07. The minimum atomic E-state index is -3.59. The first-order valence-corrected chi connectivity index (χ1v) is 11.5. The summed E-state index contributed by atoms with van der Waals surface area (Å²) in [5.74, 6) is 1.92. The van der Waals surface area contributed by atoms with Crippen LogP contribution in [0.2, 0.25) is 0 Å². The molecule has 0 radical (unpaired) electrons. The summed E-state index contributed by atoms with van der Waals surface area (Å²) in [5.41, 5.74) is 1.75. The molecule has 1 aliphatic rings. The second-order valence-electron chi connectivity index (χ2n) is 7.73. The third-order valence-corrected chi connectivity index (χ3v) is 7.01. The van der Waals surface area contributed by atoms with Crippen LogP contribution < -0.4 is 4.90 Å². The molecule has 158 valence electrons. The lowest BCUT2D eigenvalue weighted by atomic mass is 10.2. The zero-order chi connectivity index (χ0) is 21.3. The minimum Gasteiger partial charge on any atom is -0.354 e. The molecule has 0 saturated carbocycles. The Labute approximate surface area is 177 Å². The Hall–Kier alpha value is -2.78. The fraction of sp³-hybridized carbons (Fsp3) is 0.381. The predicted molar refractivity (Wildman–Crippen MR) is 115 cm³/mol. The molecule has 0 bridgehead atoms.